The Morgan fingerprint density at radius 2 is 2.29 bits per heavy atom. The fraction of sp³-hybridized carbons (Fsp3) is 0.222. The number of primary amides is 1. The Bertz CT molecular complexity index is 438. The van der Waals surface area contributed by atoms with Crippen LogP contribution in [-0.4, -0.2) is 17.4 Å². The van der Waals surface area contributed by atoms with Crippen molar-refractivity contribution in [3.8, 4) is 0 Å². The Hall–Kier alpha value is -1.51. The number of rotatable bonds is 6. The second-order valence-corrected chi connectivity index (χ2v) is 4.02. The molecular formula is C9H10BrN3O4. The predicted octanol–water partition coefficient (Wildman–Crippen LogP) is 0.864. The minimum Gasteiger partial charge on any atom is -0.368 e. The molecule has 0 aliphatic heterocycles. The average Bonchev–Trinajstić information content (AvgIpc) is 2.23. The van der Waals surface area contributed by atoms with Gasteiger partial charge in [0.2, 0.25) is 5.91 Å². The molecule has 1 rings (SSSR count). The van der Waals surface area contributed by atoms with E-state index >= 15 is 0 Å². The van der Waals surface area contributed by atoms with Crippen molar-refractivity contribution in [2.45, 2.75) is 6.54 Å². The second kappa shape index (κ2) is 6.28. The molecule has 0 spiro atoms. The summed E-state index contributed by atoms with van der Waals surface area (Å²) in [7, 11) is 0. The SMILES string of the molecule is NC(=O)CONCc1cc(Br)ccc1[N+](=O)[O-]. The van der Waals surface area contributed by atoms with Crippen LogP contribution in [0.3, 0.4) is 0 Å². The molecule has 3 N–H and O–H groups in total. The van der Waals surface area contributed by atoms with Crippen LogP contribution in [0, 0.1) is 10.1 Å². The molecule has 0 saturated heterocycles. The maximum atomic E-state index is 10.7. The van der Waals surface area contributed by atoms with Crippen molar-refractivity contribution >= 4 is 27.5 Å². The number of halogens is 1. The lowest BCUT2D eigenvalue weighted by atomic mass is 10.2. The molecule has 0 radical (unpaired) electrons. The van der Waals surface area contributed by atoms with Crippen molar-refractivity contribution in [2.75, 3.05) is 6.61 Å². The number of nitrogens with two attached hydrogens (primary N) is 1. The van der Waals surface area contributed by atoms with E-state index < -0.39 is 10.8 Å². The molecule has 17 heavy (non-hydrogen) atoms. The molecule has 8 heteroatoms. The van der Waals surface area contributed by atoms with Gasteiger partial charge in [-0.3, -0.25) is 19.7 Å². The number of hydrogen-bond acceptors (Lipinski definition) is 5. The number of amides is 1. The number of hydrogen-bond donors (Lipinski definition) is 2. The van der Waals surface area contributed by atoms with Crippen molar-refractivity contribution in [3.63, 3.8) is 0 Å². The molecule has 0 aliphatic carbocycles. The lowest BCUT2D eigenvalue weighted by molar-refractivity contribution is -0.385. The number of nitro benzene ring substituents is 1. The standard InChI is InChI=1S/C9H10BrN3O4/c10-7-1-2-8(13(15)16)6(3-7)4-12-17-5-9(11)14/h1-3,12H,4-5H2,(H2,11,14). The van der Waals surface area contributed by atoms with Gasteiger partial charge in [-0.2, -0.15) is 5.48 Å². The van der Waals surface area contributed by atoms with Crippen LogP contribution in [0.4, 0.5) is 5.69 Å². The highest BCUT2D eigenvalue weighted by atomic mass is 79.9. The topological polar surface area (TPSA) is 107 Å². The van der Waals surface area contributed by atoms with Gasteiger partial charge in [-0.15, -0.1) is 0 Å². The normalized spacial score (nSPS) is 10.2. The highest BCUT2D eigenvalue weighted by Crippen LogP contribution is 2.22. The third kappa shape index (κ3) is 4.47. The van der Waals surface area contributed by atoms with E-state index in [0.29, 0.717) is 5.56 Å². The van der Waals surface area contributed by atoms with Gasteiger partial charge in [0.15, 0.2) is 0 Å². The van der Waals surface area contributed by atoms with Crippen LogP contribution in [0.5, 0.6) is 0 Å². The fourth-order valence-electron chi connectivity index (χ4n) is 1.12. The number of nitrogens with one attached hydrogen (secondary N) is 1. The predicted molar refractivity (Wildman–Crippen MR) is 62.8 cm³/mol. The third-order valence-electron chi connectivity index (χ3n) is 1.82. The first kappa shape index (κ1) is 13.6. The Balaban J connectivity index is 2.65. The van der Waals surface area contributed by atoms with Crippen molar-refractivity contribution in [1.82, 2.24) is 5.48 Å². The zero-order valence-corrected chi connectivity index (χ0v) is 10.3. The number of benzene rings is 1. The summed E-state index contributed by atoms with van der Waals surface area (Å²) in [4.78, 5) is 25.3. The summed E-state index contributed by atoms with van der Waals surface area (Å²) < 4.78 is 0.717. The summed E-state index contributed by atoms with van der Waals surface area (Å²) in [5.41, 5.74) is 7.70. The Morgan fingerprint density at radius 3 is 2.88 bits per heavy atom. The minimum absolute atomic E-state index is 0.0247. The molecule has 0 aromatic heterocycles. The van der Waals surface area contributed by atoms with Crippen LogP contribution in [0.15, 0.2) is 22.7 Å². The average molecular weight is 304 g/mol. The van der Waals surface area contributed by atoms with E-state index in [1.54, 1.807) is 12.1 Å². The first-order valence-corrected chi connectivity index (χ1v) is 5.36. The van der Waals surface area contributed by atoms with Crippen LogP contribution in [0.1, 0.15) is 5.56 Å². The van der Waals surface area contributed by atoms with Gasteiger partial charge in [-0.1, -0.05) is 15.9 Å². The van der Waals surface area contributed by atoms with Gasteiger partial charge >= 0.3 is 0 Å². The van der Waals surface area contributed by atoms with Gasteiger partial charge in [-0.05, 0) is 12.1 Å². The van der Waals surface area contributed by atoms with Crippen LogP contribution in [0.2, 0.25) is 0 Å². The first-order valence-electron chi connectivity index (χ1n) is 4.56. The zero-order chi connectivity index (χ0) is 12.8. The lowest BCUT2D eigenvalue weighted by Crippen LogP contribution is -2.24. The number of nitrogens with zero attached hydrogens (tertiary/aromatic N) is 1. The number of nitro groups is 1. The molecule has 1 aromatic rings. The molecule has 0 bridgehead atoms. The van der Waals surface area contributed by atoms with Gasteiger partial charge in [0.05, 0.1) is 11.5 Å². The Kier molecular flexibility index (Phi) is 5.01. The fourth-order valence-corrected chi connectivity index (χ4v) is 1.53. The molecule has 0 atom stereocenters. The number of hydroxylamine groups is 1. The lowest BCUT2D eigenvalue weighted by Gasteiger charge is -2.05. The van der Waals surface area contributed by atoms with Gasteiger partial charge < -0.3 is 5.73 Å². The minimum atomic E-state index is -0.624. The summed E-state index contributed by atoms with van der Waals surface area (Å²) in [5.74, 6) is -0.624. The van der Waals surface area contributed by atoms with Crippen LogP contribution in [0.25, 0.3) is 0 Å². The van der Waals surface area contributed by atoms with E-state index in [9.17, 15) is 14.9 Å². The second-order valence-electron chi connectivity index (χ2n) is 3.11. The summed E-state index contributed by atoms with van der Waals surface area (Å²) >= 11 is 3.21. The van der Waals surface area contributed by atoms with Crippen molar-refractivity contribution in [2.24, 2.45) is 5.73 Å². The molecule has 1 amide bonds. The van der Waals surface area contributed by atoms with E-state index in [2.05, 4.69) is 21.4 Å². The van der Waals surface area contributed by atoms with Gasteiger partial charge in [-0.25, -0.2) is 0 Å². The van der Waals surface area contributed by atoms with E-state index in [1.807, 2.05) is 0 Å². The smallest absolute Gasteiger partial charge is 0.274 e. The molecule has 0 saturated carbocycles. The Labute approximate surface area is 105 Å². The monoisotopic (exact) mass is 303 g/mol. The van der Waals surface area contributed by atoms with Crippen molar-refractivity contribution in [3.05, 3.63) is 38.3 Å². The largest absolute Gasteiger partial charge is 0.368 e. The molecule has 0 unspecified atom stereocenters. The number of carbonyl (C=O) groups excluding carboxylic acids is 1. The van der Waals surface area contributed by atoms with Crippen molar-refractivity contribution < 1.29 is 14.6 Å². The van der Waals surface area contributed by atoms with E-state index in [-0.39, 0.29) is 18.8 Å². The van der Waals surface area contributed by atoms with E-state index in [0.717, 1.165) is 4.47 Å². The summed E-state index contributed by atoms with van der Waals surface area (Å²) in [5, 5.41) is 10.7. The molecule has 92 valence electrons. The first-order chi connectivity index (χ1) is 8.00. The van der Waals surface area contributed by atoms with Crippen LogP contribution >= 0.6 is 15.9 Å². The van der Waals surface area contributed by atoms with Gasteiger partial charge in [0.1, 0.15) is 6.61 Å². The highest BCUT2D eigenvalue weighted by molar-refractivity contribution is 9.10. The van der Waals surface area contributed by atoms with Gasteiger partial charge in [0, 0.05) is 16.1 Å². The summed E-state index contributed by atoms with van der Waals surface area (Å²) in [6.07, 6.45) is 0. The quantitative estimate of drug-likeness (QED) is 0.460. The molecule has 1 aromatic carbocycles. The van der Waals surface area contributed by atoms with Crippen molar-refractivity contribution in [1.29, 1.82) is 0 Å². The Morgan fingerprint density at radius 1 is 1.59 bits per heavy atom. The third-order valence-corrected chi connectivity index (χ3v) is 2.31. The molecule has 0 aliphatic rings. The number of carbonyl (C=O) groups is 1. The molecular weight excluding hydrogens is 294 g/mol. The zero-order valence-electron chi connectivity index (χ0n) is 8.68. The van der Waals surface area contributed by atoms with Gasteiger partial charge in [0.25, 0.3) is 5.69 Å². The molecule has 0 fully saturated rings. The molecule has 0 heterocycles. The van der Waals surface area contributed by atoms with E-state index in [4.69, 9.17) is 10.6 Å². The van der Waals surface area contributed by atoms with E-state index in [1.165, 1.54) is 6.07 Å². The highest BCUT2D eigenvalue weighted by Gasteiger charge is 2.13. The van der Waals surface area contributed by atoms with Crippen LogP contribution in [-0.2, 0) is 16.2 Å². The summed E-state index contributed by atoms with van der Waals surface area (Å²) in [6, 6.07) is 4.56. The molecule has 7 nitrogen and oxygen atoms in total. The maximum Gasteiger partial charge on any atom is 0.274 e. The van der Waals surface area contributed by atoms with Crippen LogP contribution < -0.4 is 11.2 Å². The maximum absolute atomic E-state index is 10.7. The summed E-state index contributed by atoms with van der Waals surface area (Å²) in [6.45, 7) is -0.190.